The highest BCUT2D eigenvalue weighted by molar-refractivity contribution is 4.94. The van der Waals surface area contributed by atoms with Crippen LogP contribution in [0.5, 0.6) is 0 Å². The molecule has 1 aliphatic rings. The Morgan fingerprint density at radius 3 is 2.44 bits per heavy atom. The van der Waals surface area contributed by atoms with E-state index < -0.39 is 24.2 Å². The van der Waals surface area contributed by atoms with E-state index in [0.29, 0.717) is 32.7 Å². The lowest BCUT2D eigenvalue weighted by atomic mass is 9.83. The summed E-state index contributed by atoms with van der Waals surface area (Å²) in [6.45, 7) is 3.26. The number of ether oxygens (including phenoxy) is 2. The third kappa shape index (κ3) is 4.38. The summed E-state index contributed by atoms with van der Waals surface area (Å²) in [5, 5.41) is 0. The summed E-state index contributed by atoms with van der Waals surface area (Å²) in [5.74, 6) is 5.41. The van der Waals surface area contributed by atoms with E-state index in [1.165, 1.54) is 0 Å². The van der Waals surface area contributed by atoms with Gasteiger partial charge in [0.1, 0.15) is 0 Å². The predicted molar refractivity (Wildman–Crippen MR) is 60.8 cm³/mol. The van der Waals surface area contributed by atoms with Gasteiger partial charge in [-0.1, -0.05) is 0 Å². The van der Waals surface area contributed by atoms with Crippen LogP contribution in [0.4, 0.5) is 13.2 Å². The van der Waals surface area contributed by atoms with Crippen LogP contribution in [0.1, 0.15) is 32.6 Å². The van der Waals surface area contributed by atoms with Gasteiger partial charge in [-0.2, -0.15) is 13.2 Å². The van der Waals surface area contributed by atoms with Crippen molar-refractivity contribution >= 4 is 0 Å². The van der Waals surface area contributed by atoms with Crippen molar-refractivity contribution in [1.29, 1.82) is 0 Å². The lowest BCUT2D eigenvalue weighted by molar-refractivity contribution is -0.153. The molecule has 0 amide bonds. The topological polar surface area (TPSA) is 56.5 Å². The Bertz CT molecular complexity index is 237. The second-order valence-electron chi connectivity index (χ2n) is 4.48. The van der Waals surface area contributed by atoms with Gasteiger partial charge < -0.3 is 9.47 Å². The third-order valence-electron chi connectivity index (χ3n) is 3.32. The second-order valence-corrected chi connectivity index (χ2v) is 4.48. The number of hydrazine groups is 1. The molecule has 18 heavy (non-hydrogen) atoms. The molecular formula is C11H21F3N2O2. The molecule has 1 fully saturated rings. The first kappa shape index (κ1) is 15.7. The minimum Gasteiger partial charge on any atom is -0.381 e. The molecule has 0 aromatic carbocycles. The molecule has 108 valence electrons. The summed E-state index contributed by atoms with van der Waals surface area (Å²) in [6, 6.07) is -0.511. The summed E-state index contributed by atoms with van der Waals surface area (Å²) in [6.07, 6.45) is -3.99. The molecule has 0 saturated carbocycles. The molecule has 1 unspecified atom stereocenters. The molecule has 0 aromatic heterocycles. The smallest absolute Gasteiger partial charge is 0.381 e. The van der Waals surface area contributed by atoms with Crippen LogP contribution in [0.15, 0.2) is 0 Å². The van der Waals surface area contributed by atoms with Gasteiger partial charge in [-0.15, -0.1) is 0 Å². The van der Waals surface area contributed by atoms with Gasteiger partial charge in [0, 0.05) is 39.1 Å². The zero-order valence-corrected chi connectivity index (χ0v) is 10.6. The molecule has 1 aliphatic heterocycles. The largest absolute Gasteiger partial charge is 0.389 e. The molecule has 7 heteroatoms. The van der Waals surface area contributed by atoms with E-state index in [2.05, 4.69) is 5.43 Å². The zero-order chi connectivity index (χ0) is 13.6. The molecular weight excluding hydrogens is 249 g/mol. The summed E-state index contributed by atoms with van der Waals surface area (Å²) < 4.78 is 47.8. The number of alkyl halides is 3. The Hall–Kier alpha value is -0.370. The molecule has 3 N–H and O–H groups in total. The summed E-state index contributed by atoms with van der Waals surface area (Å²) in [5.41, 5.74) is 1.84. The van der Waals surface area contributed by atoms with Gasteiger partial charge in [0.2, 0.25) is 0 Å². The van der Waals surface area contributed by atoms with Gasteiger partial charge >= 0.3 is 6.18 Å². The van der Waals surface area contributed by atoms with Crippen LogP contribution in [0.2, 0.25) is 0 Å². The maximum Gasteiger partial charge on any atom is 0.389 e. The minimum absolute atomic E-state index is 0.0833. The fourth-order valence-corrected chi connectivity index (χ4v) is 2.40. The Labute approximate surface area is 105 Å². The van der Waals surface area contributed by atoms with Crippen molar-refractivity contribution in [2.75, 3.05) is 19.8 Å². The van der Waals surface area contributed by atoms with Gasteiger partial charge in [-0.3, -0.25) is 11.3 Å². The van der Waals surface area contributed by atoms with Crippen LogP contribution in [0, 0.1) is 0 Å². The Morgan fingerprint density at radius 2 is 2.00 bits per heavy atom. The lowest BCUT2D eigenvalue weighted by Crippen LogP contribution is -2.57. The first-order valence-corrected chi connectivity index (χ1v) is 6.18. The van der Waals surface area contributed by atoms with Crippen molar-refractivity contribution < 1.29 is 22.6 Å². The average molecular weight is 270 g/mol. The third-order valence-corrected chi connectivity index (χ3v) is 3.32. The summed E-state index contributed by atoms with van der Waals surface area (Å²) >= 11 is 0. The molecule has 1 atom stereocenters. The molecule has 1 rings (SSSR count). The minimum atomic E-state index is -4.17. The zero-order valence-electron chi connectivity index (χ0n) is 10.6. The number of hydrogen-bond donors (Lipinski definition) is 2. The van der Waals surface area contributed by atoms with Crippen LogP contribution < -0.4 is 11.3 Å². The van der Waals surface area contributed by atoms with Gasteiger partial charge in [-0.25, -0.2) is 0 Å². The van der Waals surface area contributed by atoms with E-state index in [9.17, 15) is 13.2 Å². The van der Waals surface area contributed by atoms with E-state index in [-0.39, 0.29) is 6.42 Å². The Morgan fingerprint density at radius 1 is 1.39 bits per heavy atom. The fourth-order valence-electron chi connectivity index (χ4n) is 2.40. The number of rotatable bonds is 6. The first-order valence-electron chi connectivity index (χ1n) is 6.18. The van der Waals surface area contributed by atoms with Crippen molar-refractivity contribution in [2.24, 2.45) is 5.84 Å². The number of hydrogen-bond acceptors (Lipinski definition) is 4. The number of nitrogens with one attached hydrogen (secondary N) is 1. The Kier molecular flexibility index (Phi) is 5.84. The van der Waals surface area contributed by atoms with Crippen LogP contribution in [-0.4, -0.2) is 37.6 Å². The van der Waals surface area contributed by atoms with Crippen LogP contribution in [-0.2, 0) is 9.47 Å². The molecule has 1 saturated heterocycles. The van der Waals surface area contributed by atoms with Crippen molar-refractivity contribution in [3.8, 4) is 0 Å². The van der Waals surface area contributed by atoms with Gasteiger partial charge in [0.05, 0.1) is 11.6 Å². The van der Waals surface area contributed by atoms with Crippen molar-refractivity contribution in [3.05, 3.63) is 0 Å². The molecule has 0 radical (unpaired) electrons. The van der Waals surface area contributed by atoms with Gasteiger partial charge in [0.25, 0.3) is 0 Å². The van der Waals surface area contributed by atoms with E-state index in [4.69, 9.17) is 15.3 Å². The normalized spacial score (nSPS) is 21.8. The van der Waals surface area contributed by atoms with E-state index in [1.54, 1.807) is 0 Å². The van der Waals surface area contributed by atoms with Gasteiger partial charge in [-0.05, 0) is 13.3 Å². The predicted octanol–water partition coefficient (Wildman–Crippen LogP) is 1.75. The lowest BCUT2D eigenvalue weighted by Gasteiger charge is -2.43. The Balaban J connectivity index is 2.67. The molecule has 0 spiro atoms. The van der Waals surface area contributed by atoms with E-state index in [0.717, 1.165) is 0 Å². The molecule has 0 aromatic rings. The highest BCUT2D eigenvalue weighted by atomic mass is 19.4. The molecule has 0 aliphatic carbocycles. The second kappa shape index (κ2) is 6.70. The summed E-state index contributed by atoms with van der Waals surface area (Å²) in [7, 11) is 0. The van der Waals surface area contributed by atoms with E-state index >= 15 is 0 Å². The van der Waals surface area contributed by atoms with Crippen molar-refractivity contribution in [1.82, 2.24) is 5.43 Å². The average Bonchev–Trinajstić information content (AvgIpc) is 2.30. The number of nitrogens with two attached hydrogens (primary N) is 1. The number of halogens is 3. The fraction of sp³-hybridized carbons (Fsp3) is 1.00. The van der Waals surface area contributed by atoms with E-state index in [1.807, 2.05) is 6.92 Å². The standard InChI is InChI=1S/C11H21F3N2O2/c1-2-18-10(5-7-17-8-6-10)9(16-15)3-4-11(12,13)14/h9,16H,2-8,15H2,1H3. The highest BCUT2D eigenvalue weighted by Crippen LogP contribution is 2.33. The molecule has 4 nitrogen and oxygen atoms in total. The van der Waals surface area contributed by atoms with Crippen molar-refractivity contribution in [3.63, 3.8) is 0 Å². The van der Waals surface area contributed by atoms with Crippen molar-refractivity contribution in [2.45, 2.75) is 50.4 Å². The van der Waals surface area contributed by atoms with Crippen LogP contribution in [0.3, 0.4) is 0 Å². The highest BCUT2D eigenvalue weighted by Gasteiger charge is 2.42. The van der Waals surface area contributed by atoms with Crippen LogP contribution in [0.25, 0.3) is 0 Å². The first-order chi connectivity index (χ1) is 8.43. The maximum absolute atomic E-state index is 12.3. The monoisotopic (exact) mass is 270 g/mol. The quantitative estimate of drug-likeness (QED) is 0.570. The molecule has 1 heterocycles. The summed E-state index contributed by atoms with van der Waals surface area (Å²) in [4.78, 5) is 0. The van der Waals surface area contributed by atoms with Crippen LogP contribution >= 0.6 is 0 Å². The van der Waals surface area contributed by atoms with Gasteiger partial charge in [0.15, 0.2) is 0 Å². The molecule has 0 bridgehead atoms. The maximum atomic E-state index is 12.3. The SMILES string of the molecule is CCOC1(C(CCC(F)(F)F)NN)CCOCC1.